The van der Waals surface area contributed by atoms with E-state index in [2.05, 4.69) is 15.5 Å². The minimum atomic E-state index is 0.0710. The minimum absolute atomic E-state index is 0.0710. The standard InChI is InChI=1S/C17H25N3O/c1-13-4-2-5-15(12-13)19-17(21)20-11-3-6-16(20)14-7-9-18-10-8-14/h2,4-5,12,14,16,18H,3,6-11H2,1H3,(H,19,21). The van der Waals surface area contributed by atoms with Crippen molar-refractivity contribution in [1.82, 2.24) is 10.2 Å². The summed E-state index contributed by atoms with van der Waals surface area (Å²) in [6.45, 7) is 5.12. The maximum Gasteiger partial charge on any atom is 0.322 e. The van der Waals surface area contributed by atoms with Gasteiger partial charge < -0.3 is 15.5 Å². The molecule has 2 fully saturated rings. The number of carbonyl (C=O) groups excluding carboxylic acids is 1. The van der Waals surface area contributed by atoms with Crippen molar-refractivity contribution < 1.29 is 4.79 Å². The SMILES string of the molecule is Cc1cccc(NC(=O)N2CCCC2C2CCNCC2)c1. The fourth-order valence-corrected chi connectivity index (χ4v) is 3.68. The van der Waals surface area contributed by atoms with Crippen LogP contribution >= 0.6 is 0 Å². The summed E-state index contributed by atoms with van der Waals surface area (Å²) in [6, 6.07) is 8.51. The highest BCUT2D eigenvalue weighted by molar-refractivity contribution is 5.89. The Morgan fingerprint density at radius 2 is 2.10 bits per heavy atom. The average molecular weight is 287 g/mol. The van der Waals surface area contributed by atoms with Gasteiger partial charge in [0, 0.05) is 18.3 Å². The van der Waals surface area contributed by atoms with Crippen LogP contribution in [0.5, 0.6) is 0 Å². The maximum atomic E-state index is 12.6. The molecule has 2 aliphatic rings. The lowest BCUT2D eigenvalue weighted by molar-refractivity contribution is 0.170. The normalized spacial score (nSPS) is 23.3. The second-order valence-electron chi connectivity index (χ2n) is 6.29. The van der Waals surface area contributed by atoms with Crippen LogP contribution in [0, 0.1) is 12.8 Å². The molecule has 0 saturated carbocycles. The number of amides is 2. The second-order valence-corrected chi connectivity index (χ2v) is 6.29. The maximum absolute atomic E-state index is 12.6. The number of aryl methyl sites for hydroxylation is 1. The number of anilines is 1. The van der Waals surface area contributed by atoms with Gasteiger partial charge in [-0.25, -0.2) is 4.79 Å². The molecule has 114 valence electrons. The number of urea groups is 1. The molecule has 21 heavy (non-hydrogen) atoms. The Bertz CT molecular complexity index is 497. The van der Waals surface area contributed by atoms with E-state index < -0.39 is 0 Å². The van der Waals surface area contributed by atoms with E-state index in [1.54, 1.807) is 0 Å². The summed E-state index contributed by atoms with van der Waals surface area (Å²) >= 11 is 0. The van der Waals surface area contributed by atoms with Gasteiger partial charge in [0.25, 0.3) is 0 Å². The van der Waals surface area contributed by atoms with Gasteiger partial charge in [0.15, 0.2) is 0 Å². The van der Waals surface area contributed by atoms with E-state index in [9.17, 15) is 4.79 Å². The van der Waals surface area contributed by atoms with Crippen LogP contribution in [-0.2, 0) is 0 Å². The Morgan fingerprint density at radius 3 is 2.86 bits per heavy atom. The number of nitrogens with zero attached hydrogens (tertiary/aromatic N) is 1. The Morgan fingerprint density at radius 1 is 1.29 bits per heavy atom. The van der Waals surface area contributed by atoms with Crippen LogP contribution < -0.4 is 10.6 Å². The minimum Gasteiger partial charge on any atom is -0.321 e. The van der Waals surface area contributed by atoms with Gasteiger partial charge in [0.05, 0.1) is 0 Å². The molecule has 0 spiro atoms. The Labute approximate surface area is 126 Å². The van der Waals surface area contributed by atoms with Crippen LogP contribution in [0.4, 0.5) is 10.5 Å². The summed E-state index contributed by atoms with van der Waals surface area (Å²) < 4.78 is 0. The van der Waals surface area contributed by atoms with Gasteiger partial charge in [-0.3, -0.25) is 0 Å². The topological polar surface area (TPSA) is 44.4 Å². The molecule has 4 nitrogen and oxygen atoms in total. The summed E-state index contributed by atoms with van der Waals surface area (Å²) in [7, 11) is 0. The lowest BCUT2D eigenvalue weighted by Gasteiger charge is -2.34. The van der Waals surface area contributed by atoms with E-state index >= 15 is 0 Å². The number of likely N-dealkylation sites (tertiary alicyclic amines) is 1. The molecule has 0 bridgehead atoms. The van der Waals surface area contributed by atoms with Crippen molar-refractivity contribution in [3.63, 3.8) is 0 Å². The van der Waals surface area contributed by atoms with Gasteiger partial charge in [-0.1, -0.05) is 12.1 Å². The molecule has 2 N–H and O–H groups in total. The van der Waals surface area contributed by atoms with Crippen molar-refractivity contribution in [2.24, 2.45) is 5.92 Å². The van der Waals surface area contributed by atoms with Crippen LogP contribution in [0.2, 0.25) is 0 Å². The Hall–Kier alpha value is -1.55. The van der Waals surface area contributed by atoms with Crippen LogP contribution in [0.1, 0.15) is 31.2 Å². The largest absolute Gasteiger partial charge is 0.322 e. The molecular weight excluding hydrogens is 262 g/mol. The van der Waals surface area contributed by atoms with Crippen molar-refractivity contribution in [3.05, 3.63) is 29.8 Å². The molecule has 1 unspecified atom stereocenters. The van der Waals surface area contributed by atoms with Gasteiger partial charge >= 0.3 is 6.03 Å². The van der Waals surface area contributed by atoms with Crippen molar-refractivity contribution >= 4 is 11.7 Å². The Kier molecular flexibility index (Phi) is 4.44. The van der Waals surface area contributed by atoms with Crippen molar-refractivity contribution in [2.45, 2.75) is 38.6 Å². The van der Waals surface area contributed by atoms with Crippen LogP contribution in [0.3, 0.4) is 0 Å². The fraction of sp³-hybridized carbons (Fsp3) is 0.588. The highest BCUT2D eigenvalue weighted by atomic mass is 16.2. The van der Waals surface area contributed by atoms with Crippen molar-refractivity contribution in [1.29, 1.82) is 0 Å². The third-order valence-corrected chi connectivity index (χ3v) is 4.76. The van der Waals surface area contributed by atoms with Gasteiger partial charge in [-0.15, -0.1) is 0 Å². The fourth-order valence-electron chi connectivity index (χ4n) is 3.68. The first-order chi connectivity index (χ1) is 10.2. The summed E-state index contributed by atoms with van der Waals surface area (Å²) in [5, 5.41) is 6.47. The molecular formula is C17H25N3O. The number of nitrogens with one attached hydrogen (secondary N) is 2. The zero-order valence-electron chi connectivity index (χ0n) is 12.8. The third-order valence-electron chi connectivity index (χ3n) is 4.76. The number of hydrogen-bond acceptors (Lipinski definition) is 2. The predicted molar refractivity (Wildman–Crippen MR) is 85.5 cm³/mol. The molecule has 2 aliphatic heterocycles. The van der Waals surface area contributed by atoms with Gasteiger partial charge in [-0.05, 0) is 69.3 Å². The third kappa shape index (κ3) is 3.38. The molecule has 3 rings (SSSR count). The predicted octanol–water partition coefficient (Wildman–Crippen LogP) is 2.99. The molecule has 2 saturated heterocycles. The van der Waals surface area contributed by atoms with Crippen molar-refractivity contribution in [2.75, 3.05) is 25.0 Å². The van der Waals surface area contributed by atoms with Crippen LogP contribution in [-0.4, -0.2) is 36.6 Å². The van der Waals surface area contributed by atoms with E-state index in [-0.39, 0.29) is 6.03 Å². The molecule has 0 aliphatic carbocycles. The van der Waals surface area contributed by atoms with E-state index in [0.29, 0.717) is 12.0 Å². The first-order valence-corrected chi connectivity index (χ1v) is 8.09. The van der Waals surface area contributed by atoms with Gasteiger partial charge in [-0.2, -0.15) is 0 Å². The summed E-state index contributed by atoms with van der Waals surface area (Å²) in [6.07, 6.45) is 4.68. The summed E-state index contributed by atoms with van der Waals surface area (Å²) in [4.78, 5) is 14.6. The number of hydrogen-bond donors (Lipinski definition) is 2. The number of piperidine rings is 1. The molecule has 0 radical (unpaired) electrons. The van der Waals surface area contributed by atoms with Crippen LogP contribution in [0.15, 0.2) is 24.3 Å². The first kappa shape index (κ1) is 14.4. The number of carbonyl (C=O) groups is 1. The van der Waals surface area contributed by atoms with Crippen molar-refractivity contribution in [3.8, 4) is 0 Å². The zero-order valence-corrected chi connectivity index (χ0v) is 12.8. The monoisotopic (exact) mass is 287 g/mol. The quantitative estimate of drug-likeness (QED) is 0.878. The highest BCUT2D eigenvalue weighted by Crippen LogP contribution is 2.30. The second kappa shape index (κ2) is 6.48. The molecule has 1 aromatic rings. The van der Waals surface area contributed by atoms with Crippen LogP contribution in [0.25, 0.3) is 0 Å². The molecule has 0 aromatic heterocycles. The van der Waals surface area contributed by atoms with Gasteiger partial charge in [0.2, 0.25) is 0 Å². The Balaban J connectivity index is 1.65. The van der Waals surface area contributed by atoms with E-state index in [4.69, 9.17) is 0 Å². The molecule has 1 atom stereocenters. The average Bonchev–Trinajstić information content (AvgIpc) is 2.98. The molecule has 2 amide bonds. The number of benzene rings is 1. The smallest absolute Gasteiger partial charge is 0.321 e. The van der Waals surface area contributed by atoms with Gasteiger partial charge in [0.1, 0.15) is 0 Å². The molecule has 2 heterocycles. The summed E-state index contributed by atoms with van der Waals surface area (Å²) in [5.41, 5.74) is 2.07. The van der Waals surface area contributed by atoms with E-state index in [0.717, 1.165) is 38.2 Å². The first-order valence-electron chi connectivity index (χ1n) is 8.09. The molecule has 4 heteroatoms. The van der Waals surface area contributed by atoms with E-state index in [1.807, 2.05) is 31.2 Å². The summed E-state index contributed by atoms with van der Waals surface area (Å²) in [5.74, 6) is 0.664. The lowest BCUT2D eigenvalue weighted by atomic mass is 9.89. The number of rotatable bonds is 2. The van der Waals surface area contributed by atoms with E-state index in [1.165, 1.54) is 18.4 Å². The molecule has 1 aromatic carbocycles. The lowest BCUT2D eigenvalue weighted by Crippen LogP contribution is -2.45. The zero-order chi connectivity index (χ0) is 14.7. The highest BCUT2D eigenvalue weighted by Gasteiger charge is 2.35.